The van der Waals surface area contributed by atoms with Gasteiger partial charge >= 0.3 is 0 Å². The Labute approximate surface area is 154 Å². The molecule has 2 rings (SSSR count). The van der Waals surface area contributed by atoms with Crippen LogP contribution < -0.4 is 10.0 Å². The molecule has 7 heteroatoms. The second-order valence-electron chi connectivity index (χ2n) is 6.20. The highest BCUT2D eigenvalue weighted by molar-refractivity contribution is 7.89. The molecule has 2 aromatic rings. The summed E-state index contributed by atoms with van der Waals surface area (Å²) in [7, 11) is -2.23. The highest BCUT2D eigenvalue weighted by Crippen LogP contribution is 2.20. The molecule has 6 nitrogen and oxygen atoms in total. The Balaban J connectivity index is 2.14. The van der Waals surface area contributed by atoms with Gasteiger partial charge in [-0.1, -0.05) is 18.2 Å². The topological polar surface area (TPSA) is 84.5 Å². The molecule has 1 amide bonds. The summed E-state index contributed by atoms with van der Waals surface area (Å²) in [6.07, 6.45) is 0.141. The normalized spacial score (nSPS) is 11.6. The van der Waals surface area contributed by atoms with Crippen LogP contribution in [0.2, 0.25) is 0 Å². The molecule has 0 heterocycles. The number of benzene rings is 2. The van der Waals surface area contributed by atoms with E-state index in [2.05, 4.69) is 10.0 Å². The summed E-state index contributed by atoms with van der Waals surface area (Å²) >= 11 is 0. The molecule has 0 spiro atoms. The van der Waals surface area contributed by atoms with Crippen molar-refractivity contribution in [3.63, 3.8) is 0 Å². The van der Waals surface area contributed by atoms with E-state index < -0.39 is 10.0 Å². The maximum Gasteiger partial charge on any atom is 0.255 e. The Kier molecular flexibility index (Phi) is 6.52. The van der Waals surface area contributed by atoms with Gasteiger partial charge in [0.15, 0.2) is 0 Å². The van der Waals surface area contributed by atoms with E-state index in [1.54, 1.807) is 31.2 Å². The van der Waals surface area contributed by atoms with E-state index in [9.17, 15) is 13.2 Å². The lowest BCUT2D eigenvalue weighted by Crippen LogP contribution is -2.20. The van der Waals surface area contributed by atoms with Crippen LogP contribution in [0.5, 0.6) is 0 Å². The molecule has 0 saturated carbocycles. The minimum Gasteiger partial charge on any atom is -0.374 e. The Morgan fingerprint density at radius 2 is 1.77 bits per heavy atom. The van der Waals surface area contributed by atoms with Crippen LogP contribution in [0.3, 0.4) is 0 Å². The van der Waals surface area contributed by atoms with Crippen LogP contribution in [0, 0.1) is 6.92 Å². The number of sulfonamides is 1. The number of carbonyl (C=O) groups excluding carboxylic acids is 1. The fourth-order valence-electron chi connectivity index (χ4n) is 2.30. The van der Waals surface area contributed by atoms with Crippen molar-refractivity contribution in [1.82, 2.24) is 4.72 Å². The highest BCUT2D eigenvalue weighted by atomic mass is 32.2. The number of amides is 1. The molecule has 0 bridgehead atoms. The average molecular weight is 376 g/mol. The molecule has 2 N–H and O–H groups in total. The minimum atomic E-state index is -3.59. The zero-order valence-corrected chi connectivity index (χ0v) is 16.2. The third-order valence-electron chi connectivity index (χ3n) is 3.80. The van der Waals surface area contributed by atoms with Crippen molar-refractivity contribution in [1.29, 1.82) is 0 Å². The van der Waals surface area contributed by atoms with Crippen molar-refractivity contribution in [3.05, 3.63) is 59.2 Å². The van der Waals surface area contributed by atoms with E-state index in [0.717, 1.165) is 5.56 Å². The van der Waals surface area contributed by atoms with E-state index in [1.807, 2.05) is 26.0 Å². The number of hydrogen-bond acceptors (Lipinski definition) is 4. The first-order chi connectivity index (χ1) is 12.2. The van der Waals surface area contributed by atoms with Gasteiger partial charge in [-0.05, 0) is 63.2 Å². The lowest BCUT2D eigenvalue weighted by molar-refractivity contribution is 0.0657. The van der Waals surface area contributed by atoms with Gasteiger partial charge in [0.1, 0.15) is 0 Å². The maximum atomic E-state index is 12.4. The van der Waals surface area contributed by atoms with E-state index >= 15 is 0 Å². The first kappa shape index (κ1) is 20.1. The molecule has 2 aromatic carbocycles. The summed E-state index contributed by atoms with van der Waals surface area (Å²) in [6.45, 7) is 6.12. The third-order valence-corrected chi connectivity index (χ3v) is 5.36. The van der Waals surface area contributed by atoms with Gasteiger partial charge in [0.25, 0.3) is 5.91 Å². The standard InChI is InChI=1S/C19H24N2O4S/c1-13(2)25-12-15-6-8-16(9-7-15)19(22)21-17-10-5-14(3)18(11-17)26(23,24)20-4/h5-11,13,20H,12H2,1-4H3,(H,21,22). The third kappa shape index (κ3) is 5.14. The van der Waals surface area contributed by atoms with E-state index in [-0.39, 0.29) is 16.9 Å². The molecule has 0 atom stereocenters. The van der Waals surface area contributed by atoms with Crippen LogP contribution >= 0.6 is 0 Å². The Morgan fingerprint density at radius 3 is 2.35 bits per heavy atom. The summed E-state index contributed by atoms with van der Waals surface area (Å²) in [5, 5.41) is 2.73. The number of nitrogens with one attached hydrogen (secondary N) is 2. The number of hydrogen-bond donors (Lipinski definition) is 2. The van der Waals surface area contributed by atoms with Crippen molar-refractivity contribution >= 4 is 21.6 Å². The summed E-state index contributed by atoms with van der Waals surface area (Å²) in [5.41, 5.74) is 2.48. The van der Waals surface area contributed by atoms with Crippen LogP contribution in [0.4, 0.5) is 5.69 Å². The SMILES string of the molecule is CNS(=O)(=O)c1cc(NC(=O)c2ccc(COC(C)C)cc2)ccc1C. The lowest BCUT2D eigenvalue weighted by atomic mass is 10.1. The van der Waals surface area contributed by atoms with E-state index in [4.69, 9.17) is 4.74 Å². The first-order valence-corrected chi connectivity index (χ1v) is 9.77. The fourth-order valence-corrected chi connectivity index (χ4v) is 3.29. The summed E-state index contributed by atoms with van der Waals surface area (Å²) in [6, 6.07) is 11.9. The molecule has 140 valence electrons. The Hall–Kier alpha value is -2.22. The van der Waals surface area contributed by atoms with Gasteiger partial charge in [-0.3, -0.25) is 4.79 Å². The second-order valence-corrected chi connectivity index (χ2v) is 8.05. The van der Waals surface area contributed by atoms with Gasteiger partial charge in [-0.2, -0.15) is 0 Å². The van der Waals surface area contributed by atoms with Crippen molar-refractivity contribution < 1.29 is 17.9 Å². The van der Waals surface area contributed by atoms with Gasteiger partial charge in [0, 0.05) is 11.3 Å². The van der Waals surface area contributed by atoms with Crippen molar-refractivity contribution in [2.24, 2.45) is 0 Å². The first-order valence-electron chi connectivity index (χ1n) is 8.29. The van der Waals surface area contributed by atoms with Crippen LogP contribution in [0.25, 0.3) is 0 Å². The van der Waals surface area contributed by atoms with Crippen molar-refractivity contribution in [3.8, 4) is 0 Å². The number of ether oxygens (including phenoxy) is 1. The summed E-state index contributed by atoms with van der Waals surface area (Å²) in [5.74, 6) is -0.307. The molecule has 0 unspecified atom stereocenters. The zero-order valence-electron chi connectivity index (χ0n) is 15.4. The van der Waals surface area contributed by atoms with Crippen molar-refractivity contribution in [2.45, 2.75) is 38.4 Å². The molecule has 26 heavy (non-hydrogen) atoms. The minimum absolute atomic E-state index is 0.138. The molecule has 0 aromatic heterocycles. The number of anilines is 1. The van der Waals surface area contributed by atoms with E-state index in [0.29, 0.717) is 23.4 Å². The van der Waals surface area contributed by atoms with Gasteiger partial charge in [-0.15, -0.1) is 0 Å². The van der Waals surface area contributed by atoms with Crippen molar-refractivity contribution in [2.75, 3.05) is 12.4 Å². The number of carbonyl (C=O) groups is 1. The molecule has 0 radical (unpaired) electrons. The predicted octanol–water partition coefficient (Wildman–Crippen LogP) is 3.08. The quantitative estimate of drug-likeness (QED) is 0.778. The molecule has 0 aliphatic rings. The monoisotopic (exact) mass is 376 g/mol. The Morgan fingerprint density at radius 1 is 1.12 bits per heavy atom. The zero-order chi connectivity index (χ0) is 19.3. The van der Waals surface area contributed by atoms with Crippen LogP contribution in [0.15, 0.2) is 47.4 Å². The highest BCUT2D eigenvalue weighted by Gasteiger charge is 2.16. The molecular formula is C19H24N2O4S. The van der Waals surface area contributed by atoms with Gasteiger partial charge in [0.05, 0.1) is 17.6 Å². The van der Waals surface area contributed by atoms with Gasteiger partial charge in [0.2, 0.25) is 10.0 Å². The molecule has 0 aliphatic heterocycles. The Bertz CT molecular complexity index is 875. The number of rotatable bonds is 7. The largest absolute Gasteiger partial charge is 0.374 e. The summed E-state index contributed by atoms with van der Waals surface area (Å²) < 4.78 is 31.9. The van der Waals surface area contributed by atoms with Gasteiger partial charge in [-0.25, -0.2) is 13.1 Å². The maximum absolute atomic E-state index is 12.4. The molecule has 0 fully saturated rings. The number of aryl methyl sites for hydroxylation is 1. The lowest BCUT2D eigenvalue weighted by Gasteiger charge is -2.11. The van der Waals surface area contributed by atoms with E-state index in [1.165, 1.54) is 13.1 Å². The molecule has 0 saturated heterocycles. The second kappa shape index (κ2) is 8.44. The fraction of sp³-hybridized carbons (Fsp3) is 0.316. The summed E-state index contributed by atoms with van der Waals surface area (Å²) in [4.78, 5) is 12.5. The molecule has 0 aliphatic carbocycles. The van der Waals surface area contributed by atoms with Crippen LogP contribution in [0.1, 0.15) is 35.3 Å². The van der Waals surface area contributed by atoms with Gasteiger partial charge < -0.3 is 10.1 Å². The van der Waals surface area contributed by atoms with Crippen LogP contribution in [-0.2, 0) is 21.4 Å². The van der Waals surface area contributed by atoms with Crippen LogP contribution in [-0.4, -0.2) is 27.5 Å². The predicted molar refractivity (Wildman–Crippen MR) is 102 cm³/mol. The average Bonchev–Trinajstić information content (AvgIpc) is 2.61. The smallest absolute Gasteiger partial charge is 0.255 e. The molecular weight excluding hydrogens is 352 g/mol.